The van der Waals surface area contributed by atoms with Crippen molar-refractivity contribution in [2.45, 2.75) is 13.1 Å². The minimum atomic E-state index is 0.895. The maximum absolute atomic E-state index is 4.03. The topological polar surface area (TPSA) is 34.0 Å². The van der Waals surface area contributed by atoms with Gasteiger partial charge in [-0.1, -0.05) is 6.08 Å². The first-order chi connectivity index (χ1) is 5.90. The van der Waals surface area contributed by atoms with Gasteiger partial charge in [0.05, 0.1) is 6.54 Å². The molecule has 1 aliphatic rings. The highest BCUT2D eigenvalue weighted by Crippen LogP contribution is 2.07. The van der Waals surface area contributed by atoms with Crippen molar-refractivity contribution in [3.63, 3.8) is 0 Å². The van der Waals surface area contributed by atoms with Crippen molar-refractivity contribution in [2.24, 2.45) is 0 Å². The van der Waals surface area contributed by atoms with Crippen LogP contribution >= 0.6 is 0 Å². The van der Waals surface area contributed by atoms with Crippen molar-refractivity contribution in [1.82, 2.24) is 19.7 Å². The summed E-state index contributed by atoms with van der Waals surface area (Å²) in [6.45, 7) is 7.61. The van der Waals surface area contributed by atoms with Gasteiger partial charge < -0.3 is 4.57 Å². The van der Waals surface area contributed by atoms with Gasteiger partial charge in [0.2, 0.25) is 0 Å². The number of hydrogen-bond acceptors (Lipinski definition) is 3. The maximum Gasteiger partial charge on any atom is 0.147 e. The van der Waals surface area contributed by atoms with Gasteiger partial charge in [-0.2, -0.15) is 0 Å². The molecule has 0 spiro atoms. The van der Waals surface area contributed by atoms with Gasteiger partial charge in [-0.05, 0) is 0 Å². The molecule has 0 aromatic carbocycles. The van der Waals surface area contributed by atoms with Crippen molar-refractivity contribution >= 4 is 0 Å². The summed E-state index contributed by atoms with van der Waals surface area (Å²) >= 11 is 0. The van der Waals surface area contributed by atoms with Gasteiger partial charge in [-0.3, -0.25) is 4.90 Å². The van der Waals surface area contributed by atoms with Gasteiger partial charge in [-0.25, -0.2) is 0 Å². The number of aromatic nitrogens is 3. The third-order valence-electron chi connectivity index (χ3n) is 2.11. The molecule has 0 aliphatic carbocycles. The highest BCUT2D eigenvalue weighted by atomic mass is 15.3. The van der Waals surface area contributed by atoms with Crippen LogP contribution in [0.1, 0.15) is 5.82 Å². The van der Waals surface area contributed by atoms with Crippen molar-refractivity contribution < 1.29 is 0 Å². The van der Waals surface area contributed by atoms with Crippen molar-refractivity contribution in [3.05, 3.63) is 24.8 Å². The third-order valence-corrected chi connectivity index (χ3v) is 2.11. The van der Waals surface area contributed by atoms with E-state index in [9.17, 15) is 0 Å². The second-order valence-corrected chi connectivity index (χ2v) is 2.96. The van der Waals surface area contributed by atoms with Crippen LogP contribution in [0.5, 0.6) is 0 Å². The summed E-state index contributed by atoms with van der Waals surface area (Å²) < 4.78 is 2.10. The molecule has 12 heavy (non-hydrogen) atoms. The number of nitrogens with zero attached hydrogens (tertiary/aromatic N) is 4. The minimum Gasteiger partial charge on any atom is -0.315 e. The normalized spacial score (nSPS) is 17.3. The Labute approximate surface area is 71.5 Å². The predicted octanol–water partition coefficient (Wildman–Crippen LogP) is 0.280. The van der Waals surface area contributed by atoms with E-state index in [1.165, 1.54) is 0 Å². The van der Waals surface area contributed by atoms with Gasteiger partial charge in [0.25, 0.3) is 0 Å². The average molecular weight is 164 g/mol. The molecule has 0 unspecified atom stereocenters. The zero-order chi connectivity index (χ0) is 8.39. The lowest BCUT2D eigenvalue weighted by Crippen LogP contribution is -2.33. The Morgan fingerprint density at radius 3 is 3.33 bits per heavy atom. The molecule has 1 aromatic heterocycles. The molecular weight excluding hydrogens is 152 g/mol. The molecule has 0 radical (unpaired) electrons. The van der Waals surface area contributed by atoms with E-state index in [0.29, 0.717) is 0 Å². The van der Waals surface area contributed by atoms with Gasteiger partial charge >= 0.3 is 0 Å². The first-order valence-electron chi connectivity index (χ1n) is 4.10. The summed E-state index contributed by atoms with van der Waals surface area (Å²) in [5.74, 6) is 1.06. The van der Waals surface area contributed by atoms with Crippen molar-refractivity contribution in [2.75, 3.05) is 13.1 Å². The molecule has 64 valence electrons. The number of hydrogen-bond donors (Lipinski definition) is 0. The van der Waals surface area contributed by atoms with Crippen LogP contribution in [0.2, 0.25) is 0 Å². The van der Waals surface area contributed by atoms with Crippen LogP contribution < -0.4 is 0 Å². The van der Waals surface area contributed by atoms with Crippen LogP contribution in [0.15, 0.2) is 19.0 Å². The Hall–Kier alpha value is -1.16. The fraction of sp³-hybridized carbons (Fsp3) is 0.500. The van der Waals surface area contributed by atoms with E-state index in [4.69, 9.17) is 0 Å². The highest BCUT2D eigenvalue weighted by molar-refractivity contribution is 4.91. The van der Waals surface area contributed by atoms with Gasteiger partial charge in [-0.15, -0.1) is 16.8 Å². The summed E-state index contributed by atoms with van der Waals surface area (Å²) in [4.78, 5) is 2.30. The molecular formula is C8H12N4. The van der Waals surface area contributed by atoms with Gasteiger partial charge in [0.1, 0.15) is 12.2 Å². The summed E-state index contributed by atoms with van der Waals surface area (Å²) in [6, 6.07) is 0. The molecule has 0 atom stereocenters. The largest absolute Gasteiger partial charge is 0.315 e. The van der Waals surface area contributed by atoms with Crippen LogP contribution in [0.4, 0.5) is 0 Å². The fourth-order valence-electron chi connectivity index (χ4n) is 1.45. The molecule has 0 N–H and O–H groups in total. The Balaban J connectivity index is 2.09. The Morgan fingerprint density at radius 2 is 2.50 bits per heavy atom. The molecule has 0 saturated heterocycles. The Morgan fingerprint density at radius 1 is 1.58 bits per heavy atom. The molecule has 0 bridgehead atoms. The summed E-state index contributed by atoms with van der Waals surface area (Å²) in [6.07, 6.45) is 3.71. The maximum atomic E-state index is 4.03. The average Bonchev–Trinajstić information content (AvgIpc) is 2.51. The Kier molecular flexibility index (Phi) is 1.91. The summed E-state index contributed by atoms with van der Waals surface area (Å²) in [5.41, 5.74) is 0. The van der Waals surface area contributed by atoms with E-state index in [1.54, 1.807) is 6.33 Å². The van der Waals surface area contributed by atoms with Crippen LogP contribution in [-0.4, -0.2) is 32.8 Å². The van der Waals surface area contributed by atoms with Gasteiger partial charge in [0, 0.05) is 19.6 Å². The molecule has 4 heteroatoms. The van der Waals surface area contributed by atoms with E-state index < -0.39 is 0 Å². The molecule has 2 heterocycles. The van der Waals surface area contributed by atoms with E-state index in [-0.39, 0.29) is 0 Å². The van der Waals surface area contributed by atoms with E-state index in [2.05, 4.69) is 26.2 Å². The summed E-state index contributed by atoms with van der Waals surface area (Å²) in [5, 5.41) is 7.89. The van der Waals surface area contributed by atoms with Crippen molar-refractivity contribution in [3.8, 4) is 0 Å². The molecule has 0 saturated carbocycles. The van der Waals surface area contributed by atoms with Crippen molar-refractivity contribution in [1.29, 1.82) is 0 Å². The first kappa shape index (κ1) is 7.49. The third kappa shape index (κ3) is 1.25. The Bertz CT molecular complexity index is 278. The lowest BCUT2D eigenvalue weighted by molar-refractivity contribution is 0.239. The van der Waals surface area contributed by atoms with Gasteiger partial charge in [0.15, 0.2) is 0 Å². The monoisotopic (exact) mass is 164 g/mol. The van der Waals surface area contributed by atoms with Crippen LogP contribution in [0.25, 0.3) is 0 Å². The lowest BCUT2D eigenvalue weighted by Gasteiger charge is -2.25. The molecule has 1 aliphatic heterocycles. The lowest BCUT2D eigenvalue weighted by atomic mass is 10.3. The SMILES string of the molecule is C=CCN1CCn2cnnc2C1. The standard InChI is InChI=1S/C8H12N4/c1-2-3-11-4-5-12-7-9-10-8(12)6-11/h2,7H,1,3-6H2. The minimum absolute atomic E-state index is 0.895. The van der Waals surface area contributed by atoms with E-state index >= 15 is 0 Å². The van der Waals surface area contributed by atoms with Crippen LogP contribution in [0, 0.1) is 0 Å². The molecule has 0 fully saturated rings. The highest BCUT2D eigenvalue weighted by Gasteiger charge is 2.15. The van der Waals surface area contributed by atoms with E-state index in [1.807, 2.05) is 6.08 Å². The first-order valence-corrected chi connectivity index (χ1v) is 4.10. The smallest absolute Gasteiger partial charge is 0.147 e. The molecule has 1 aromatic rings. The second-order valence-electron chi connectivity index (χ2n) is 2.96. The quantitative estimate of drug-likeness (QED) is 0.589. The van der Waals surface area contributed by atoms with E-state index in [0.717, 1.165) is 32.0 Å². The zero-order valence-corrected chi connectivity index (χ0v) is 6.98. The molecule has 2 rings (SSSR count). The van der Waals surface area contributed by atoms with Crippen LogP contribution in [0.3, 0.4) is 0 Å². The molecule has 4 nitrogen and oxygen atoms in total. The number of fused-ring (bicyclic) bond motifs is 1. The zero-order valence-electron chi connectivity index (χ0n) is 6.98. The summed E-state index contributed by atoms with van der Waals surface area (Å²) in [7, 11) is 0. The molecule has 0 amide bonds. The number of rotatable bonds is 2. The predicted molar refractivity (Wildman–Crippen MR) is 45.5 cm³/mol. The van der Waals surface area contributed by atoms with Crippen LogP contribution in [-0.2, 0) is 13.1 Å². The fourth-order valence-corrected chi connectivity index (χ4v) is 1.45. The second kappa shape index (κ2) is 3.06.